The van der Waals surface area contributed by atoms with Crippen molar-refractivity contribution in [2.24, 2.45) is 5.92 Å². The lowest BCUT2D eigenvalue weighted by Crippen LogP contribution is -2.39. The molecule has 0 saturated heterocycles. The van der Waals surface area contributed by atoms with Crippen LogP contribution in [0, 0.1) is 19.8 Å². The molecule has 1 amide bonds. The van der Waals surface area contributed by atoms with E-state index in [0.717, 1.165) is 11.1 Å². The number of aliphatic hydroxyl groups is 1. The fourth-order valence-electron chi connectivity index (χ4n) is 2.28. The number of amides is 1. The third-order valence-electron chi connectivity index (χ3n) is 4.00. The molecule has 0 radical (unpaired) electrons. The van der Waals surface area contributed by atoms with Gasteiger partial charge in [-0.25, -0.2) is 0 Å². The Hall–Kier alpha value is -1.68. The molecular formula is C18H27NO3. The second-order valence-electron chi connectivity index (χ2n) is 6.15. The van der Waals surface area contributed by atoms with Crippen LogP contribution in [0.4, 0.5) is 0 Å². The summed E-state index contributed by atoms with van der Waals surface area (Å²) in [6.07, 6.45) is 0.924. The largest absolute Gasteiger partial charge is 0.396 e. The summed E-state index contributed by atoms with van der Waals surface area (Å²) in [5.74, 6) is 0.109. The molecule has 4 heteroatoms. The van der Waals surface area contributed by atoms with Gasteiger partial charge in [0.1, 0.15) is 0 Å². The molecule has 1 unspecified atom stereocenters. The maximum absolute atomic E-state index is 12.1. The monoisotopic (exact) mass is 305 g/mol. The van der Waals surface area contributed by atoms with Gasteiger partial charge in [-0.05, 0) is 43.4 Å². The SMILES string of the molecule is Cc1ccc(C(=O)CCC(=O)NC(CCO)C(C)C)cc1C. The molecule has 0 spiro atoms. The number of rotatable bonds is 8. The number of nitrogens with one attached hydrogen (secondary N) is 1. The van der Waals surface area contributed by atoms with Crippen LogP contribution < -0.4 is 5.32 Å². The first kappa shape index (κ1) is 18.4. The van der Waals surface area contributed by atoms with E-state index in [1.165, 1.54) is 0 Å². The summed E-state index contributed by atoms with van der Waals surface area (Å²) in [6, 6.07) is 5.57. The van der Waals surface area contributed by atoms with Gasteiger partial charge in [0.05, 0.1) is 0 Å². The molecule has 0 aliphatic carbocycles. The minimum atomic E-state index is -0.135. The van der Waals surface area contributed by atoms with Crippen molar-refractivity contribution in [3.63, 3.8) is 0 Å². The van der Waals surface area contributed by atoms with Crippen LogP contribution in [0.2, 0.25) is 0 Å². The van der Waals surface area contributed by atoms with E-state index in [1.54, 1.807) is 0 Å². The normalized spacial score (nSPS) is 12.3. The van der Waals surface area contributed by atoms with E-state index in [1.807, 2.05) is 45.9 Å². The van der Waals surface area contributed by atoms with Crippen molar-refractivity contribution in [1.29, 1.82) is 0 Å². The molecule has 1 atom stereocenters. The van der Waals surface area contributed by atoms with E-state index in [9.17, 15) is 9.59 Å². The highest BCUT2D eigenvalue weighted by Gasteiger charge is 2.16. The summed E-state index contributed by atoms with van der Waals surface area (Å²) in [5.41, 5.74) is 2.89. The molecule has 22 heavy (non-hydrogen) atoms. The number of aryl methyl sites for hydroxylation is 2. The average Bonchev–Trinajstić information content (AvgIpc) is 2.47. The zero-order valence-electron chi connectivity index (χ0n) is 14.0. The zero-order valence-corrected chi connectivity index (χ0v) is 14.0. The summed E-state index contributed by atoms with van der Waals surface area (Å²) < 4.78 is 0. The average molecular weight is 305 g/mol. The molecule has 0 aromatic heterocycles. The standard InChI is InChI=1S/C18H27NO3/c1-12(2)16(9-10-20)19-18(22)8-7-17(21)15-6-5-13(3)14(4)11-15/h5-6,11-12,16,20H,7-10H2,1-4H3,(H,19,22). The van der Waals surface area contributed by atoms with Gasteiger partial charge in [-0.1, -0.05) is 26.0 Å². The van der Waals surface area contributed by atoms with Crippen molar-refractivity contribution in [2.75, 3.05) is 6.61 Å². The highest BCUT2D eigenvalue weighted by Crippen LogP contribution is 2.13. The van der Waals surface area contributed by atoms with Gasteiger partial charge in [0.25, 0.3) is 0 Å². The molecule has 1 rings (SSSR count). The fourth-order valence-corrected chi connectivity index (χ4v) is 2.28. The van der Waals surface area contributed by atoms with Gasteiger partial charge in [0, 0.05) is 31.1 Å². The molecule has 0 fully saturated rings. The van der Waals surface area contributed by atoms with Gasteiger partial charge in [-0.15, -0.1) is 0 Å². The first-order valence-corrected chi connectivity index (χ1v) is 7.85. The molecular weight excluding hydrogens is 278 g/mol. The van der Waals surface area contributed by atoms with E-state index >= 15 is 0 Å². The minimum Gasteiger partial charge on any atom is -0.396 e. The lowest BCUT2D eigenvalue weighted by Gasteiger charge is -2.21. The topological polar surface area (TPSA) is 66.4 Å². The lowest BCUT2D eigenvalue weighted by molar-refractivity contribution is -0.122. The molecule has 0 saturated carbocycles. The van der Waals surface area contributed by atoms with Crippen molar-refractivity contribution in [1.82, 2.24) is 5.32 Å². The second-order valence-corrected chi connectivity index (χ2v) is 6.15. The molecule has 2 N–H and O–H groups in total. The van der Waals surface area contributed by atoms with Crippen molar-refractivity contribution in [3.8, 4) is 0 Å². The number of hydrogen-bond acceptors (Lipinski definition) is 3. The molecule has 0 bridgehead atoms. The smallest absolute Gasteiger partial charge is 0.220 e. The number of benzene rings is 1. The molecule has 0 aliphatic rings. The molecule has 122 valence electrons. The molecule has 1 aromatic rings. The maximum atomic E-state index is 12.1. The number of carbonyl (C=O) groups excluding carboxylic acids is 2. The van der Waals surface area contributed by atoms with Gasteiger partial charge in [-0.3, -0.25) is 9.59 Å². The van der Waals surface area contributed by atoms with Gasteiger partial charge in [-0.2, -0.15) is 0 Å². The minimum absolute atomic E-state index is 0.0125. The molecule has 0 heterocycles. The summed E-state index contributed by atoms with van der Waals surface area (Å²) in [5, 5.41) is 11.9. The molecule has 0 aliphatic heterocycles. The lowest BCUT2D eigenvalue weighted by atomic mass is 9.99. The van der Waals surface area contributed by atoms with Crippen LogP contribution in [0.1, 0.15) is 54.6 Å². The van der Waals surface area contributed by atoms with Crippen LogP contribution in [0.25, 0.3) is 0 Å². The molecule has 4 nitrogen and oxygen atoms in total. The summed E-state index contributed by atoms with van der Waals surface area (Å²) >= 11 is 0. The molecule has 1 aromatic carbocycles. The zero-order chi connectivity index (χ0) is 16.7. The van der Waals surface area contributed by atoms with Crippen molar-refractivity contribution < 1.29 is 14.7 Å². The number of hydrogen-bond donors (Lipinski definition) is 2. The Morgan fingerprint density at radius 2 is 1.82 bits per heavy atom. The van der Waals surface area contributed by atoms with Gasteiger partial charge >= 0.3 is 0 Å². The highest BCUT2D eigenvalue weighted by molar-refractivity contribution is 5.98. The van der Waals surface area contributed by atoms with Crippen LogP contribution in [-0.2, 0) is 4.79 Å². The van der Waals surface area contributed by atoms with E-state index in [-0.39, 0.29) is 43.1 Å². The van der Waals surface area contributed by atoms with Crippen LogP contribution in [0.15, 0.2) is 18.2 Å². The first-order chi connectivity index (χ1) is 10.3. The number of carbonyl (C=O) groups is 2. The predicted octanol–water partition coefficient (Wildman–Crippen LogP) is 2.79. The van der Waals surface area contributed by atoms with Gasteiger partial charge in [0.15, 0.2) is 5.78 Å². The second kappa shape index (κ2) is 8.69. The Morgan fingerprint density at radius 3 is 2.36 bits per heavy atom. The Bertz CT molecular complexity index is 523. The van der Waals surface area contributed by atoms with E-state index in [0.29, 0.717) is 12.0 Å². The Kier molecular flexibility index (Phi) is 7.25. The maximum Gasteiger partial charge on any atom is 0.220 e. The van der Waals surface area contributed by atoms with Crippen molar-refractivity contribution in [3.05, 3.63) is 34.9 Å². The predicted molar refractivity (Wildman–Crippen MR) is 88.0 cm³/mol. The van der Waals surface area contributed by atoms with E-state index < -0.39 is 0 Å². The quantitative estimate of drug-likeness (QED) is 0.726. The van der Waals surface area contributed by atoms with E-state index in [4.69, 9.17) is 5.11 Å². The van der Waals surface area contributed by atoms with Gasteiger partial charge < -0.3 is 10.4 Å². The Balaban J connectivity index is 2.52. The number of aliphatic hydroxyl groups excluding tert-OH is 1. The van der Waals surface area contributed by atoms with Crippen molar-refractivity contribution in [2.45, 2.75) is 53.0 Å². The van der Waals surface area contributed by atoms with Crippen molar-refractivity contribution >= 4 is 11.7 Å². The van der Waals surface area contributed by atoms with Crippen LogP contribution in [0.3, 0.4) is 0 Å². The Labute approximate surface area is 132 Å². The van der Waals surface area contributed by atoms with Crippen LogP contribution in [-0.4, -0.2) is 29.4 Å². The van der Waals surface area contributed by atoms with Crippen LogP contribution in [0.5, 0.6) is 0 Å². The number of Topliss-reactive ketones (excluding diaryl/α,β-unsaturated/α-hetero) is 1. The van der Waals surface area contributed by atoms with Crippen LogP contribution >= 0.6 is 0 Å². The third-order valence-corrected chi connectivity index (χ3v) is 4.00. The first-order valence-electron chi connectivity index (χ1n) is 7.85. The fraction of sp³-hybridized carbons (Fsp3) is 0.556. The summed E-state index contributed by atoms with van der Waals surface area (Å²) in [4.78, 5) is 24.1. The third kappa shape index (κ3) is 5.60. The van der Waals surface area contributed by atoms with E-state index in [2.05, 4.69) is 5.32 Å². The van der Waals surface area contributed by atoms with Gasteiger partial charge in [0.2, 0.25) is 5.91 Å². The number of ketones is 1. The summed E-state index contributed by atoms with van der Waals surface area (Å²) in [7, 11) is 0. The Morgan fingerprint density at radius 1 is 1.14 bits per heavy atom. The highest BCUT2D eigenvalue weighted by atomic mass is 16.3. The summed E-state index contributed by atoms with van der Waals surface area (Å²) in [6.45, 7) is 8.03.